The van der Waals surface area contributed by atoms with Crippen molar-refractivity contribution in [2.45, 2.75) is 37.8 Å². The molecule has 0 bridgehead atoms. The fourth-order valence-corrected chi connectivity index (χ4v) is 5.34. The van der Waals surface area contributed by atoms with Gasteiger partial charge in [0.1, 0.15) is 5.75 Å². The molecular weight excluding hydrogens is 422 g/mol. The van der Waals surface area contributed by atoms with Crippen molar-refractivity contribution in [3.05, 3.63) is 72.3 Å². The summed E-state index contributed by atoms with van der Waals surface area (Å²) in [6, 6.07) is 19.0. The van der Waals surface area contributed by atoms with Crippen LogP contribution in [0.15, 0.2) is 71.6 Å². The molecule has 0 radical (unpaired) electrons. The lowest BCUT2D eigenvalue weighted by molar-refractivity contribution is 0.323. The van der Waals surface area contributed by atoms with E-state index in [1.807, 2.05) is 44.2 Å². The van der Waals surface area contributed by atoms with Crippen LogP contribution in [0, 0.1) is 0 Å². The van der Waals surface area contributed by atoms with Crippen LogP contribution in [-0.2, 0) is 26.7 Å². The molecule has 1 unspecified atom stereocenters. The van der Waals surface area contributed by atoms with Crippen LogP contribution in [0.3, 0.4) is 0 Å². The molecule has 0 heterocycles. The second kappa shape index (κ2) is 8.75. The van der Waals surface area contributed by atoms with Crippen LogP contribution in [0.5, 0.6) is 5.75 Å². The van der Waals surface area contributed by atoms with Crippen LogP contribution in [0.1, 0.15) is 25.8 Å². The van der Waals surface area contributed by atoms with Gasteiger partial charge in [-0.3, -0.25) is 0 Å². The average Bonchev–Trinajstić information content (AvgIpc) is 2.71. The van der Waals surface area contributed by atoms with E-state index in [4.69, 9.17) is 4.18 Å². The molecular formula is C22H25NO5S2. The number of fused-ring (bicyclic) bond motifs is 1. The van der Waals surface area contributed by atoms with Gasteiger partial charge in [-0.25, -0.2) is 8.42 Å². The van der Waals surface area contributed by atoms with Gasteiger partial charge in [0, 0.05) is 12.6 Å². The van der Waals surface area contributed by atoms with E-state index in [2.05, 4.69) is 0 Å². The van der Waals surface area contributed by atoms with Crippen LogP contribution in [0.25, 0.3) is 10.8 Å². The molecule has 0 saturated heterocycles. The molecule has 160 valence electrons. The Morgan fingerprint density at radius 1 is 0.900 bits per heavy atom. The largest absolute Gasteiger partial charge is 0.383 e. The molecule has 3 rings (SSSR count). The second-order valence-electron chi connectivity index (χ2n) is 7.25. The Balaban J connectivity index is 1.92. The van der Waals surface area contributed by atoms with Gasteiger partial charge in [0.05, 0.1) is 11.2 Å². The summed E-state index contributed by atoms with van der Waals surface area (Å²) >= 11 is 0. The highest BCUT2D eigenvalue weighted by Gasteiger charge is 2.28. The molecule has 0 saturated carbocycles. The highest BCUT2D eigenvalue weighted by molar-refractivity contribution is 7.89. The van der Waals surface area contributed by atoms with Gasteiger partial charge in [0.25, 0.3) is 0 Å². The number of nitrogens with zero attached hydrogens (tertiary/aromatic N) is 1. The summed E-state index contributed by atoms with van der Waals surface area (Å²) in [5.41, 5.74) is 0.737. The Morgan fingerprint density at radius 2 is 1.53 bits per heavy atom. The van der Waals surface area contributed by atoms with Crippen molar-refractivity contribution in [1.29, 1.82) is 0 Å². The summed E-state index contributed by atoms with van der Waals surface area (Å²) in [5, 5.41) is 1.85. The van der Waals surface area contributed by atoms with Crippen LogP contribution >= 0.6 is 0 Å². The van der Waals surface area contributed by atoms with E-state index in [9.17, 15) is 16.8 Å². The third-order valence-electron chi connectivity index (χ3n) is 4.92. The highest BCUT2D eigenvalue weighted by Crippen LogP contribution is 2.26. The number of hydrogen-bond donors (Lipinski definition) is 0. The minimum atomic E-state index is -3.73. The molecule has 0 N–H and O–H groups in total. The van der Waals surface area contributed by atoms with Gasteiger partial charge in [-0.2, -0.15) is 12.7 Å². The van der Waals surface area contributed by atoms with Crippen LogP contribution < -0.4 is 4.18 Å². The maximum absolute atomic E-state index is 13.5. The molecule has 3 aromatic carbocycles. The fourth-order valence-electron chi connectivity index (χ4n) is 3.15. The predicted octanol–water partition coefficient (Wildman–Crippen LogP) is 4.17. The summed E-state index contributed by atoms with van der Waals surface area (Å²) in [6.07, 6.45) is 1.63. The summed E-state index contributed by atoms with van der Waals surface area (Å²) in [7, 11) is -7.35. The molecule has 30 heavy (non-hydrogen) atoms. The van der Waals surface area contributed by atoms with Crippen molar-refractivity contribution in [3.8, 4) is 5.75 Å². The standard InChI is InChI=1S/C22H25NO5S2/c1-4-17(2)23(16-18-9-12-21(13-10-18)28-29(3,24)25)30(26,27)22-14-11-19-7-5-6-8-20(19)15-22/h5-15,17H,4,16H2,1-3H3. The van der Waals surface area contributed by atoms with E-state index in [1.165, 1.54) is 16.4 Å². The second-order valence-corrected chi connectivity index (χ2v) is 10.7. The molecule has 8 heteroatoms. The van der Waals surface area contributed by atoms with E-state index in [0.29, 0.717) is 6.42 Å². The van der Waals surface area contributed by atoms with Gasteiger partial charge in [-0.15, -0.1) is 0 Å². The minimum Gasteiger partial charge on any atom is -0.383 e. The lowest BCUT2D eigenvalue weighted by atomic mass is 10.1. The zero-order valence-electron chi connectivity index (χ0n) is 17.1. The normalized spacial score (nSPS) is 13.5. The monoisotopic (exact) mass is 447 g/mol. The van der Waals surface area contributed by atoms with Crippen molar-refractivity contribution < 1.29 is 21.0 Å². The van der Waals surface area contributed by atoms with Crippen LogP contribution in [0.4, 0.5) is 0 Å². The van der Waals surface area contributed by atoms with Crippen molar-refractivity contribution >= 4 is 30.9 Å². The Morgan fingerprint density at radius 3 is 2.13 bits per heavy atom. The third-order valence-corrected chi connectivity index (χ3v) is 7.37. The summed E-state index contributed by atoms with van der Waals surface area (Å²) < 4.78 is 55.8. The molecule has 3 aromatic rings. The first-order chi connectivity index (χ1) is 14.1. The topological polar surface area (TPSA) is 80.8 Å². The number of sulfonamides is 1. The summed E-state index contributed by atoms with van der Waals surface area (Å²) in [6.45, 7) is 3.99. The molecule has 0 aliphatic carbocycles. The van der Waals surface area contributed by atoms with Crippen molar-refractivity contribution in [2.24, 2.45) is 0 Å². The molecule has 0 amide bonds. The first-order valence-electron chi connectivity index (χ1n) is 9.59. The lowest BCUT2D eigenvalue weighted by Gasteiger charge is -2.28. The van der Waals surface area contributed by atoms with Crippen molar-refractivity contribution in [1.82, 2.24) is 4.31 Å². The zero-order valence-corrected chi connectivity index (χ0v) is 18.8. The SMILES string of the molecule is CCC(C)N(Cc1ccc(OS(C)(=O)=O)cc1)S(=O)(=O)c1ccc2ccccc2c1. The van der Waals surface area contributed by atoms with E-state index in [0.717, 1.165) is 22.6 Å². The maximum atomic E-state index is 13.5. The van der Waals surface area contributed by atoms with E-state index >= 15 is 0 Å². The smallest absolute Gasteiger partial charge is 0.306 e. The van der Waals surface area contributed by atoms with Crippen LogP contribution in [-0.4, -0.2) is 33.4 Å². The van der Waals surface area contributed by atoms with Gasteiger partial charge in [0.15, 0.2) is 0 Å². The molecule has 0 spiro atoms. The first kappa shape index (κ1) is 22.3. The maximum Gasteiger partial charge on any atom is 0.306 e. The lowest BCUT2D eigenvalue weighted by Crippen LogP contribution is -2.37. The number of rotatable bonds is 8. The molecule has 6 nitrogen and oxygen atoms in total. The Bertz CT molecular complexity index is 1240. The third kappa shape index (κ3) is 5.19. The quantitative estimate of drug-likeness (QED) is 0.484. The molecule has 0 aliphatic heterocycles. The zero-order chi connectivity index (χ0) is 21.9. The van der Waals surface area contributed by atoms with Gasteiger partial charge in [-0.05, 0) is 53.9 Å². The molecule has 0 aliphatic rings. The number of hydrogen-bond acceptors (Lipinski definition) is 5. The number of benzene rings is 3. The van der Waals surface area contributed by atoms with Crippen molar-refractivity contribution in [3.63, 3.8) is 0 Å². The fraction of sp³-hybridized carbons (Fsp3) is 0.273. The Labute approximate surface area is 178 Å². The van der Waals surface area contributed by atoms with Gasteiger partial charge in [-0.1, -0.05) is 49.4 Å². The molecule has 0 fully saturated rings. The molecule has 0 aromatic heterocycles. The van der Waals surface area contributed by atoms with E-state index in [1.54, 1.807) is 24.3 Å². The van der Waals surface area contributed by atoms with Crippen molar-refractivity contribution in [2.75, 3.05) is 6.26 Å². The highest BCUT2D eigenvalue weighted by atomic mass is 32.2. The Hall–Kier alpha value is -2.42. The molecule has 1 atom stereocenters. The predicted molar refractivity (Wildman–Crippen MR) is 118 cm³/mol. The van der Waals surface area contributed by atoms with Crippen LogP contribution in [0.2, 0.25) is 0 Å². The minimum absolute atomic E-state index is 0.170. The summed E-state index contributed by atoms with van der Waals surface area (Å²) in [5.74, 6) is 0.189. The first-order valence-corrected chi connectivity index (χ1v) is 12.8. The Kier molecular flexibility index (Phi) is 6.50. The van der Waals surface area contributed by atoms with E-state index < -0.39 is 20.1 Å². The van der Waals surface area contributed by atoms with E-state index in [-0.39, 0.29) is 23.2 Å². The summed E-state index contributed by atoms with van der Waals surface area (Å²) in [4.78, 5) is 0.249. The van der Waals surface area contributed by atoms with Gasteiger partial charge < -0.3 is 4.18 Å². The average molecular weight is 448 g/mol. The van der Waals surface area contributed by atoms with Gasteiger partial charge in [0.2, 0.25) is 10.0 Å². The van der Waals surface area contributed by atoms with Gasteiger partial charge >= 0.3 is 10.1 Å².